The lowest BCUT2D eigenvalue weighted by Crippen LogP contribution is -2.48. The summed E-state index contributed by atoms with van der Waals surface area (Å²) in [6.45, 7) is 2.95. The number of nitro groups is 1. The number of amides is 1. The molecule has 0 aromatic carbocycles. The van der Waals surface area contributed by atoms with Gasteiger partial charge in [0.1, 0.15) is 12.0 Å². The lowest BCUT2D eigenvalue weighted by molar-refractivity contribution is -0.385. The highest BCUT2D eigenvalue weighted by atomic mass is 16.6. The number of likely N-dealkylation sites (tertiary alicyclic amines) is 1. The summed E-state index contributed by atoms with van der Waals surface area (Å²) in [6.07, 6.45) is 4.33. The van der Waals surface area contributed by atoms with Gasteiger partial charge in [-0.15, -0.1) is 0 Å². The molecule has 23 heavy (non-hydrogen) atoms. The summed E-state index contributed by atoms with van der Waals surface area (Å²) in [4.78, 5) is 29.1. The standard InChI is InChI=1S/C15H20N4O4/c20-14(21)18-9-5-15(6-10-18)3-7-17(8-4-15)13-2-1-12(11-16-13)19(22)23/h1-2,11H,3-10H2,(H,20,21). The normalized spacial score (nSPS) is 20.5. The van der Waals surface area contributed by atoms with Crippen LogP contribution in [-0.4, -0.2) is 52.2 Å². The zero-order chi connectivity index (χ0) is 16.4. The van der Waals surface area contributed by atoms with Gasteiger partial charge in [0.25, 0.3) is 5.69 Å². The molecule has 1 amide bonds. The van der Waals surface area contributed by atoms with E-state index in [1.807, 2.05) is 0 Å². The molecule has 3 heterocycles. The third-order valence-corrected chi connectivity index (χ3v) is 5.19. The largest absolute Gasteiger partial charge is 0.465 e. The molecule has 0 saturated carbocycles. The van der Waals surface area contributed by atoms with Crippen LogP contribution >= 0.6 is 0 Å². The van der Waals surface area contributed by atoms with Crippen molar-refractivity contribution in [2.45, 2.75) is 25.7 Å². The number of anilines is 1. The van der Waals surface area contributed by atoms with E-state index in [0.29, 0.717) is 13.1 Å². The van der Waals surface area contributed by atoms with E-state index in [2.05, 4.69) is 9.88 Å². The van der Waals surface area contributed by atoms with Gasteiger partial charge in [-0.3, -0.25) is 10.1 Å². The second-order valence-electron chi connectivity index (χ2n) is 6.39. The van der Waals surface area contributed by atoms with Gasteiger partial charge in [0.2, 0.25) is 0 Å². The summed E-state index contributed by atoms with van der Waals surface area (Å²) in [5, 5.41) is 19.7. The van der Waals surface area contributed by atoms with Crippen LogP contribution in [0, 0.1) is 15.5 Å². The molecule has 2 saturated heterocycles. The van der Waals surface area contributed by atoms with E-state index in [4.69, 9.17) is 5.11 Å². The first-order valence-corrected chi connectivity index (χ1v) is 7.82. The van der Waals surface area contributed by atoms with Gasteiger partial charge in [-0.05, 0) is 37.2 Å². The fourth-order valence-corrected chi connectivity index (χ4v) is 3.56. The monoisotopic (exact) mass is 320 g/mol. The van der Waals surface area contributed by atoms with Crippen LogP contribution in [0.1, 0.15) is 25.7 Å². The van der Waals surface area contributed by atoms with Crippen molar-refractivity contribution in [1.29, 1.82) is 0 Å². The van der Waals surface area contributed by atoms with E-state index in [1.54, 1.807) is 6.07 Å². The molecule has 0 radical (unpaired) electrons. The Balaban J connectivity index is 1.58. The average molecular weight is 320 g/mol. The lowest BCUT2D eigenvalue weighted by Gasteiger charge is -2.46. The zero-order valence-corrected chi connectivity index (χ0v) is 12.8. The Kier molecular flexibility index (Phi) is 4.06. The van der Waals surface area contributed by atoms with Crippen molar-refractivity contribution in [1.82, 2.24) is 9.88 Å². The van der Waals surface area contributed by atoms with Gasteiger partial charge in [0, 0.05) is 32.2 Å². The van der Waals surface area contributed by atoms with Crippen LogP contribution in [-0.2, 0) is 0 Å². The Morgan fingerprint density at radius 1 is 1.17 bits per heavy atom. The second-order valence-corrected chi connectivity index (χ2v) is 6.39. The van der Waals surface area contributed by atoms with Crippen molar-refractivity contribution in [3.63, 3.8) is 0 Å². The van der Waals surface area contributed by atoms with Gasteiger partial charge in [0.05, 0.1) is 4.92 Å². The minimum atomic E-state index is -0.827. The maximum Gasteiger partial charge on any atom is 0.407 e. The second kappa shape index (κ2) is 6.02. The summed E-state index contributed by atoms with van der Waals surface area (Å²) in [5.74, 6) is 0.772. The molecular formula is C15H20N4O4. The predicted octanol–water partition coefficient (Wildman–Crippen LogP) is 2.35. The van der Waals surface area contributed by atoms with E-state index in [0.717, 1.165) is 44.6 Å². The van der Waals surface area contributed by atoms with Crippen LogP contribution in [0.5, 0.6) is 0 Å². The van der Waals surface area contributed by atoms with Crippen LogP contribution in [0.2, 0.25) is 0 Å². The topological polar surface area (TPSA) is 99.8 Å². The number of hydrogen-bond donors (Lipinski definition) is 1. The predicted molar refractivity (Wildman–Crippen MR) is 83.6 cm³/mol. The highest BCUT2D eigenvalue weighted by molar-refractivity contribution is 5.65. The summed E-state index contributed by atoms with van der Waals surface area (Å²) >= 11 is 0. The van der Waals surface area contributed by atoms with Crippen LogP contribution < -0.4 is 4.90 Å². The van der Waals surface area contributed by atoms with Gasteiger partial charge in [-0.25, -0.2) is 9.78 Å². The number of piperidine rings is 2. The Hall–Kier alpha value is -2.38. The third kappa shape index (κ3) is 3.20. The first-order chi connectivity index (χ1) is 11.0. The molecule has 2 aliphatic heterocycles. The molecule has 1 N–H and O–H groups in total. The molecule has 0 atom stereocenters. The van der Waals surface area contributed by atoms with Crippen molar-refractivity contribution < 1.29 is 14.8 Å². The van der Waals surface area contributed by atoms with E-state index in [9.17, 15) is 14.9 Å². The van der Waals surface area contributed by atoms with Gasteiger partial charge in [-0.1, -0.05) is 0 Å². The van der Waals surface area contributed by atoms with E-state index < -0.39 is 11.0 Å². The van der Waals surface area contributed by atoms with Crippen LogP contribution in [0.15, 0.2) is 18.3 Å². The number of pyridine rings is 1. The Morgan fingerprint density at radius 3 is 2.26 bits per heavy atom. The summed E-state index contributed by atoms with van der Waals surface area (Å²) in [5.41, 5.74) is 0.242. The van der Waals surface area contributed by atoms with E-state index >= 15 is 0 Å². The minimum absolute atomic E-state index is 0.00303. The summed E-state index contributed by atoms with van der Waals surface area (Å²) in [7, 11) is 0. The Labute approximate surface area is 133 Å². The minimum Gasteiger partial charge on any atom is -0.465 e. The molecule has 0 unspecified atom stereocenters. The molecule has 124 valence electrons. The summed E-state index contributed by atoms with van der Waals surface area (Å²) in [6, 6.07) is 3.18. The van der Waals surface area contributed by atoms with Crippen LogP contribution in [0.25, 0.3) is 0 Å². The number of rotatable bonds is 2. The molecule has 2 aliphatic rings. The van der Waals surface area contributed by atoms with E-state index in [1.165, 1.54) is 17.2 Å². The summed E-state index contributed by atoms with van der Waals surface area (Å²) < 4.78 is 0. The van der Waals surface area contributed by atoms with E-state index in [-0.39, 0.29) is 11.1 Å². The molecule has 3 rings (SSSR count). The number of nitrogens with zero attached hydrogens (tertiary/aromatic N) is 4. The molecule has 1 aromatic heterocycles. The molecule has 8 heteroatoms. The first kappa shape index (κ1) is 15.5. The number of carbonyl (C=O) groups is 1. The number of aromatic nitrogens is 1. The SMILES string of the molecule is O=C(O)N1CCC2(CC1)CCN(c1ccc([N+](=O)[O-])cn1)CC2. The maximum absolute atomic E-state index is 11.0. The zero-order valence-electron chi connectivity index (χ0n) is 12.8. The highest BCUT2D eigenvalue weighted by Gasteiger charge is 2.38. The highest BCUT2D eigenvalue weighted by Crippen LogP contribution is 2.41. The van der Waals surface area contributed by atoms with Crippen molar-refractivity contribution >= 4 is 17.6 Å². The Morgan fingerprint density at radius 2 is 1.78 bits per heavy atom. The molecule has 8 nitrogen and oxygen atoms in total. The van der Waals surface area contributed by atoms with Crippen molar-refractivity contribution in [2.75, 3.05) is 31.1 Å². The number of carboxylic acid groups (broad SMARTS) is 1. The Bertz CT molecular complexity index is 586. The molecule has 1 aromatic rings. The molecule has 2 fully saturated rings. The average Bonchev–Trinajstić information content (AvgIpc) is 2.56. The van der Waals surface area contributed by atoms with Gasteiger partial charge in [-0.2, -0.15) is 0 Å². The quantitative estimate of drug-likeness (QED) is 0.663. The third-order valence-electron chi connectivity index (χ3n) is 5.19. The van der Waals surface area contributed by atoms with Crippen molar-refractivity contribution in [3.05, 3.63) is 28.4 Å². The molecule has 1 spiro atoms. The van der Waals surface area contributed by atoms with Crippen LogP contribution in [0.4, 0.5) is 16.3 Å². The first-order valence-electron chi connectivity index (χ1n) is 7.82. The van der Waals surface area contributed by atoms with Crippen molar-refractivity contribution in [3.8, 4) is 0 Å². The lowest BCUT2D eigenvalue weighted by atomic mass is 9.71. The fourth-order valence-electron chi connectivity index (χ4n) is 3.56. The molecule has 0 bridgehead atoms. The fraction of sp³-hybridized carbons (Fsp3) is 0.600. The van der Waals surface area contributed by atoms with Gasteiger partial charge < -0.3 is 14.9 Å². The van der Waals surface area contributed by atoms with Crippen LogP contribution in [0.3, 0.4) is 0 Å². The van der Waals surface area contributed by atoms with Gasteiger partial charge >= 0.3 is 6.09 Å². The molecule has 0 aliphatic carbocycles. The maximum atomic E-state index is 11.0. The smallest absolute Gasteiger partial charge is 0.407 e. The van der Waals surface area contributed by atoms with Gasteiger partial charge in [0.15, 0.2) is 0 Å². The van der Waals surface area contributed by atoms with Crippen molar-refractivity contribution in [2.24, 2.45) is 5.41 Å². The number of hydrogen-bond acceptors (Lipinski definition) is 5. The molecular weight excluding hydrogens is 300 g/mol.